The van der Waals surface area contributed by atoms with Crippen molar-refractivity contribution in [2.45, 2.75) is 38.1 Å². The molecule has 5 nitrogen and oxygen atoms in total. The Morgan fingerprint density at radius 1 is 1.24 bits per heavy atom. The van der Waals surface area contributed by atoms with Crippen LogP contribution < -0.4 is 10.6 Å². The Hall–Kier alpha value is -1.10. The maximum Gasteiger partial charge on any atom is 0.305 e. The van der Waals surface area contributed by atoms with Crippen LogP contribution in [0.25, 0.3) is 0 Å². The van der Waals surface area contributed by atoms with Gasteiger partial charge in [-0.05, 0) is 44.7 Å². The van der Waals surface area contributed by atoms with Gasteiger partial charge in [-0.2, -0.15) is 0 Å². The monoisotopic (exact) mass is 240 g/mol. The molecule has 17 heavy (non-hydrogen) atoms. The van der Waals surface area contributed by atoms with Crippen LogP contribution in [0.1, 0.15) is 32.1 Å². The smallest absolute Gasteiger partial charge is 0.305 e. The van der Waals surface area contributed by atoms with Crippen molar-refractivity contribution in [3.05, 3.63) is 0 Å². The Bertz CT molecular complexity index is 296. The molecule has 2 fully saturated rings. The van der Waals surface area contributed by atoms with Crippen molar-refractivity contribution in [1.29, 1.82) is 0 Å². The van der Waals surface area contributed by atoms with Gasteiger partial charge in [-0.1, -0.05) is 0 Å². The van der Waals surface area contributed by atoms with E-state index < -0.39 is 5.97 Å². The quantitative estimate of drug-likeness (QED) is 0.648. The van der Waals surface area contributed by atoms with Crippen molar-refractivity contribution in [3.63, 3.8) is 0 Å². The van der Waals surface area contributed by atoms with E-state index in [-0.39, 0.29) is 24.3 Å². The predicted octanol–water partition coefficient (Wildman–Crippen LogP) is 0.355. The molecule has 1 amide bonds. The maximum absolute atomic E-state index is 12.0. The fourth-order valence-electron chi connectivity index (χ4n) is 2.41. The zero-order chi connectivity index (χ0) is 12.3. The first-order chi connectivity index (χ1) is 8.16. The molecule has 0 spiro atoms. The highest BCUT2D eigenvalue weighted by atomic mass is 16.4. The molecule has 1 atom stereocenters. The average Bonchev–Trinajstić information content (AvgIpc) is 3.12. The normalized spacial score (nSPS) is 23.1. The number of hydrogen-bond acceptors (Lipinski definition) is 3. The molecule has 1 aliphatic heterocycles. The van der Waals surface area contributed by atoms with Crippen LogP contribution >= 0.6 is 0 Å². The highest BCUT2D eigenvalue weighted by molar-refractivity contribution is 5.80. The van der Waals surface area contributed by atoms with Gasteiger partial charge in [0.2, 0.25) is 5.91 Å². The summed E-state index contributed by atoms with van der Waals surface area (Å²) in [7, 11) is 0. The summed E-state index contributed by atoms with van der Waals surface area (Å²) in [5, 5.41) is 15.0. The minimum Gasteiger partial charge on any atom is -0.481 e. The number of nitrogens with one attached hydrogen (secondary N) is 2. The van der Waals surface area contributed by atoms with Crippen LogP contribution in [0.4, 0.5) is 0 Å². The third-order valence-corrected chi connectivity index (χ3v) is 3.62. The third kappa shape index (κ3) is 3.70. The van der Waals surface area contributed by atoms with E-state index in [0.29, 0.717) is 5.92 Å². The zero-order valence-corrected chi connectivity index (χ0v) is 9.95. The van der Waals surface area contributed by atoms with E-state index in [9.17, 15) is 9.59 Å². The summed E-state index contributed by atoms with van der Waals surface area (Å²) in [6.45, 7) is 1.76. The number of rotatable bonds is 5. The first kappa shape index (κ1) is 12.4. The van der Waals surface area contributed by atoms with Gasteiger partial charge in [0.1, 0.15) is 0 Å². The van der Waals surface area contributed by atoms with Crippen LogP contribution in [0.5, 0.6) is 0 Å². The molecular weight excluding hydrogens is 220 g/mol. The Morgan fingerprint density at radius 3 is 2.41 bits per heavy atom. The van der Waals surface area contributed by atoms with E-state index in [1.54, 1.807) is 0 Å². The predicted molar refractivity (Wildman–Crippen MR) is 62.5 cm³/mol. The molecule has 0 radical (unpaired) electrons. The van der Waals surface area contributed by atoms with Crippen LogP contribution in [-0.4, -0.2) is 36.1 Å². The van der Waals surface area contributed by atoms with E-state index >= 15 is 0 Å². The standard InChI is InChI=1S/C12H20N2O3/c15-11(16)7-10(8-1-2-8)14-12(17)9-3-5-13-6-4-9/h8-10,13H,1-7H2,(H,14,17)(H,15,16). The molecule has 5 heteroatoms. The molecular formula is C12H20N2O3. The van der Waals surface area contributed by atoms with Crippen molar-refractivity contribution < 1.29 is 14.7 Å². The summed E-state index contributed by atoms with van der Waals surface area (Å²) in [6, 6.07) is -0.158. The summed E-state index contributed by atoms with van der Waals surface area (Å²) < 4.78 is 0. The van der Waals surface area contributed by atoms with Crippen LogP contribution in [0, 0.1) is 11.8 Å². The van der Waals surface area contributed by atoms with Crippen molar-refractivity contribution in [3.8, 4) is 0 Å². The summed E-state index contributed by atoms with van der Waals surface area (Å²) in [4.78, 5) is 22.7. The molecule has 2 rings (SSSR count). The molecule has 1 saturated heterocycles. The van der Waals surface area contributed by atoms with Crippen molar-refractivity contribution >= 4 is 11.9 Å². The lowest BCUT2D eigenvalue weighted by atomic mass is 9.96. The van der Waals surface area contributed by atoms with Gasteiger partial charge < -0.3 is 15.7 Å². The number of carbonyl (C=O) groups is 2. The number of amides is 1. The largest absolute Gasteiger partial charge is 0.481 e. The van der Waals surface area contributed by atoms with Crippen LogP contribution in [-0.2, 0) is 9.59 Å². The third-order valence-electron chi connectivity index (χ3n) is 3.62. The topological polar surface area (TPSA) is 78.4 Å². The van der Waals surface area contributed by atoms with E-state index in [1.807, 2.05) is 0 Å². The number of carboxylic acids is 1. The zero-order valence-electron chi connectivity index (χ0n) is 9.95. The Morgan fingerprint density at radius 2 is 1.88 bits per heavy atom. The molecule has 0 aromatic rings. The Balaban J connectivity index is 1.83. The van der Waals surface area contributed by atoms with Gasteiger partial charge in [0.25, 0.3) is 0 Å². The molecule has 0 aromatic carbocycles. The first-order valence-corrected chi connectivity index (χ1v) is 6.39. The molecule has 0 aromatic heterocycles. The number of carbonyl (C=O) groups excluding carboxylic acids is 1. The van der Waals surface area contributed by atoms with Gasteiger partial charge in [0, 0.05) is 12.0 Å². The summed E-state index contributed by atoms with van der Waals surface area (Å²) in [5.74, 6) is -0.333. The van der Waals surface area contributed by atoms with Crippen LogP contribution in [0.15, 0.2) is 0 Å². The van der Waals surface area contributed by atoms with E-state index in [0.717, 1.165) is 38.8 Å². The second-order valence-electron chi connectivity index (χ2n) is 5.07. The molecule has 96 valence electrons. The number of carboxylic acid groups (broad SMARTS) is 1. The second-order valence-corrected chi connectivity index (χ2v) is 5.07. The summed E-state index contributed by atoms with van der Waals surface area (Å²) in [5.41, 5.74) is 0. The summed E-state index contributed by atoms with van der Waals surface area (Å²) >= 11 is 0. The van der Waals surface area contributed by atoms with Crippen LogP contribution in [0.3, 0.4) is 0 Å². The van der Waals surface area contributed by atoms with Crippen LogP contribution in [0.2, 0.25) is 0 Å². The van der Waals surface area contributed by atoms with E-state index in [1.165, 1.54) is 0 Å². The van der Waals surface area contributed by atoms with Gasteiger partial charge in [-0.25, -0.2) is 0 Å². The molecule has 1 heterocycles. The molecule has 1 saturated carbocycles. The number of hydrogen-bond donors (Lipinski definition) is 3. The Kier molecular flexibility index (Phi) is 3.99. The van der Waals surface area contributed by atoms with Gasteiger partial charge in [-0.3, -0.25) is 9.59 Å². The van der Waals surface area contributed by atoms with Crippen molar-refractivity contribution in [2.24, 2.45) is 11.8 Å². The van der Waals surface area contributed by atoms with Gasteiger partial charge in [0.15, 0.2) is 0 Å². The highest BCUT2D eigenvalue weighted by Gasteiger charge is 2.35. The lowest BCUT2D eigenvalue weighted by molar-refractivity contribution is -0.138. The highest BCUT2D eigenvalue weighted by Crippen LogP contribution is 2.34. The minimum atomic E-state index is -0.826. The fourth-order valence-corrected chi connectivity index (χ4v) is 2.41. The SMILES string of the molecule is O=C(O)CC(NC(=O)C1CCNCC1)C1CC1. The maximum atomic E-state index is 12.0. The number of piperidine rings is 1. The average molecular weight is 240 g/mol. The molecule has 1 aliphatic carbocycles. The second kappa shape index (κ2) is 5.49. The van der Waals surface area contributed by atoms with Crippen molar-refractivity contribution in [2.75, 3.05) is 13.1 Å². The van der Waals surface area contributed by atoms with Gasteiger partial charge in [-0.15, -0.1) is 0 Å². The number of aliphatic carboxylic acids is 1. The van der Waals surface area contributed by atoms with Gasteiger partial charge in [0.05, 0.1) is 6.42 Å². The fraction of sp³-hybridized carbons (Fsp3) is 0.833. The van der Waals surface area contributed by atoms with E-state index in [2.05, 4.69) is 10.6 Å². The molecule has 1 unspecified atom stereocenters. The molecule has 2 aliphatic rings. The van der Waals surface area contributed by atoms with E-state index in [4.69, 9.17) is 5.11 Å². The molecule has 0 bridgehead atoms. The minimum absolute atomic E-state index is 0.0460. The first-order valence-electron chi connectivity index (χ1n) is 6.39. The lowest BCUT2D eigenvalue weighted by Gasteiger charge is -2.24. The van der Waals surface area contributed by atoms with Crippen molar-refractivity contribution in [1.82, 2.24) is 10.6 Å². The Labute approximate surface area is 101 Å². The van der Waals surface area contributed by atoms with Gasteiger partial charge >= 0.3 is 5.97 Å². The molecule has 3 N–H and O–H groups in total. The lowest BCUT2D eigenvalue weighted by Crippen LogP contribution is -2.44. The summed E-state index contributed by atoms with van der Waals surface area (Å²) in [6.07, 6.45) is 3.86.